The quantitative estimate of drug-likeness (QED) is 0.426. The molecular formula is C23H29ClF3N4O5+. The molecule has 3 fully saturated rings. The van der Waals surface area contributed by atoms with Gasteiger partial charge in [-0.15, -0.1) is 18.6 Å². The van der Waals surface area contributed by atoms with Crippen LogP contribution >= 0.6 is 11.6 Å². The lowest BCUT2D eigenvalue weighted by molar-refractivity contribution is -0.678. The highest BCUT2D eigenvalue weighted by molar-refractivity contribution is 6.30. The van der Waals surface area contributed by atoms with Crippen LogP contribution in [-0.4, -0.2) is 75.7 Å². The van der Waals surface area contributed by atoms with E-state index in [1.807, 2.05) is 4.90 Å². The number of alkyl halides is 3. The van der Waals surface area contributed by atoms with Crippen molar-refractivity contribution in [1.29, 1.82) is 0 Å². The molecule has 2 aliphatic heterocycles. The Morgan fingerprint density at radius 2 is 1.75 bits per heavy atom. The number of hydrazine groups is 1. The van der Waals surface area contributed by atoms with Gasteiger partial charge < -0.3 is 19.6 Å². The minimum atomic E-state index is -4.65. The number of nitrogens with one attached hydrogen (secondary N) is 1. The molecule has 2 aliphatic carbocycles. The Hall–Kier alpha value is -2.31. The molecule has 9 nitrogen and oxygen atoms in total. The molecule has 13 heteroatoms. The number of hydrogen-bond acceptors (Lipinski definition) is 5. The minimum Gasteiger partial charge on any atom is -0.428 e. The predicted octanol–water partition coefficient (Wildman–Crippen LogP) is 3.88. The highest BCUT2D eigenvalue weighted by Gasteiger charge is 2.47. The average Bonchev–Trinajstić information content (AvgIpc) is 3.17. The highest BCUT2D eigenvalue weighted by Crippen LogP contribution is 2.38. The van der Waals surface area contributed by atoms with Gasteiger partial charge in [0.05, 0.1) is 29.6 Å². The molecule has 0 unspecified atom stereocenters. The third kappa shape index (κ3) is 5.35. The first-order valence-corrected chi connectivity index (χ1v) is 12.6. The van der Waals surface area contributed by atoms with Crippen molar-refractivity contribution in [3.63, 3.8) is 0 Å². The summed E-state index contributed by atoms with van der Waals surface area (Å²) < 4.78 is 46.9. The molecule has 5 rings (SSSR count). The molecule has 0 aromatic heterocycles. The van der Waals surface area contributed by atoms with Gasteiger partial charge in [0.1, 0.15) is 5.75 Å². The lowest BCUT2D eigenvalue weighted by atomic mass is 9.88. The van der Waals surface area contributed by atoms with E-state index in [0.717, 1.165) is 0 Å². The summed E-state index contributed by atoms with van der Waals surface area (Å²) in [6.45, 7) is 1.05. The fourth-order valence-corrected chi connectivity index (χ4v) is 5.83. The maximum Gasteiger partial charge on any atom is 0.522 e. The second kappa shape index (κ2) is 9.86. The van der Waals surface area contributed by atoms with Crippen LogP contribution < -0.4 is 10.2 Å². The number of nitroso groups, excluding NO2 is 1. The third-order valence-electron chi connectivity index (χ3n) is 7.61. The summed E-state index contributed by atoms with van der Waals surface area (Å²) in [4.78, 5) is 29.8. The standard InChI is InChI=1S/C23H29ClF3N4O5/c24-13-1-6-20-18(9-13)19(32)12-21(35-20)31(34)28-14-2-4-15(5-3-14)29-7-8-30(22(29)33)16-10-17(11-16)36-23(25,26)27/h1,6,9,14-17,19,21,32H,2-5,7-8,10-12H2,(H,28,34)/q+1/t14?,15?,16?,17?,19-,21-/m1/s1. The summed E-state index contributed by atoms with van der Waals surface area (Å²) in [7, 11) is 0. The number of carbonyl (C=O) groups excluding carboxylic acids is 1. The molecule has 2 atom stereocenters. The summed E-state index contributed by atoms with van der Waals surface area (Å²) in [6.07, 6.45) is -3.98. The van der Waals surface area contributed by atoms with Crippen LogP contribution in [0.4, 0.5) is 18.0 Å². The maximum absolute atomic E-state index is 12.9. The molecule has 4 aliphatic rings. The topological polar surface area (TPSA) is 94.4 Å². The number of carbonyl (C=O) groups is 1. The molecule has 2 N–H and O–H groups in total. The smallest absolute Gasteiger partial charge is 0.428 e. The van der Waals surface area contributed by atoms with Crippen molar-refractivity contribution in [1.82, 2.24) is 15.2 Å². The molecule has 0 bridgehead atoms. The van der Waals surface area contributed by atoms with E-state index in [-0.39, 0.29) is 43.4 Å². The minimum absolute atomic E-state index is 0.0346. The Kier molecular flexibility index (Phi) is 6.94. The molecule has 0 spiro atoms. The highest BCUT2D eigenvalue weighted by atomic mass is 35.5. The van der Waals surface area contributed by atoms with Gasteiger partial charge in [0.25, 0.3) is 0 Å². The van der Waals surface area contributed by atoms with Crippen molar-refractivity contribution in [2.24, 2.45) is 0 Å². The van der Waals surface area contributed by atoms with Gasteiger partial charge in [-0.3, -0.25) is 4.74 Å². The van der Waals surface area contributed by atoms with E-state index in [0.29, 0.717) is 60.0 Å². The van der Waals surface area contributed by atoms with Gasteiger partial charge in [-0.25, -0.2) is 4.79 Å². The van der Waals surface area contributed by atoms with E-state index >= 15 is 0 Å². The molecular weight excluding hydrogens is 505 g/mol. The summed E-state index contributed by atoms with van der Waals surface area (Å²) in [5.74, 6) is 0.425. The van der Waals surface area contributed by atoms with Crippen LogP contribution in [0.15, 0.2) is 18.2 Å². The maximum atomic E-state index is 12.9. The first kappa shape index (κ1) is 25.3. The molecule has 36 heavy (non-hydrogen) atoms. The van der Waals surface area contributed by atoms with E-state index in [4.69, 9.17) is 16.3 Å². The second-order valence-corrected chi connectivity index (χ2v) is 10.4. The first-order chi connectivity index (χ1) is 17.1. The Labute approximate surface area is 211 Å². The lowest BCUT2D eigenvalue weighted by Crippen LogP contribution is -2.52. The van der Waals surface area contributed by atoms with Crippen molar-refractivity contribution in [2.75, 3.05) is 13.1 Å². The van der Waals surface area contributed by atoms with Gasteiger partial charge in [0.2, 0.25) is 0 Å². The normalized spacial score (nSPS) is 32.5. The summed E-state index contributed by atoms with van der Waals surface area (Å²) in [6, 6.07) is 4.50. The number of aliphatic hydroxyl groups is 1. The van der Waals surface area contributed by atoms with Gasteiger partial charge >= 0.3 is 18.6 Å². The second-order valence-electron chi connectivity index (χ2n) is 9.95. The number of fused-ring (bicyclic) bond motifs is 1. The van der Waals surface area contributed by atoms with Crippen LogP contribution in [0, 0.1) is 4.91 Å². The lowest BCUT2D eigenvalue weighted by Gasteiger charge is -2.41. The van der Waals surface area contributed by atoms with E-state index in [1.54, 1.807) is 23.1 Å². The fraction of sp³-hybridized carbons (Fsp3) is 0.696. The Bertz CT molecular complexity index is 1000. The van der Waals surface area contributed by atoms with Gasteiger partial charge in [-0.2, -0.15) is 0 Å². The fourth-order valence-electron chi connectivity index (χ4n) is 5.65. The van der Waals surface area contributed by atoms with Crippen molar-refractivity contribution < 1.29 is 37.4 Å². The Morgan fingerprint density at radius 3 is 2.42 bits per heavy atom. The van der Waals surface area contributed by atoms with Crippen molar-refractivity contribution in [2.45, 2.75) is 87.9 Å². The van der Waals surface area contributed by atoms with Crippen LogP contribution in [0.25, 0.3) is 0 Å². The SMILES string of the molecule is O=C1N(C2CCC(N[N+](=O)[C@H]3C[C@@H](O)c4cc(Cl)ccc4O3)CC2)CCN1C1CC(OC(F)(F)F)C1. The number of halogens is 4. The summed E-state index contributed by atoms with van der Waals surface area (Å²) in [5.41, 5.74) is 3.50. The molecule has 1 aromatic rings. The van der Waals surface area contributed by atoms with Crippen molar-refractivity contribution >= 4 is 17.6 Å². The predicted molar refractivity (Wildman–Crippen MR) is 121 cm³/mol. The molecule has 1 saturated heterocycles. The van der Waals surface area contributed by atoms with Gasteiger partial charge in [-0.05, 0) is 56.7 Å². The van der Waals surface area contributed by atoms with Crippen LogP contribution in [0.3, 0.4) is 0 Å². The van der Waals surface area contributed by atoms with Crippen LogP contribution in [-0.2, 0) is 4.74 Å². The van der Waals surface area contributed by atoms with Crippen LogP contribution in [0.1, 0.15) is 56.6 Å². The van der Waals surface area contributed by atoms with Gasteiger partial charge in [-0.1, -0.05) is 11.6 Å². The zero-order chi connectivity index (χ0) is 25.6. The van der Waals surface area contributed by atoms with Crippen LogP contribution in [0.2, 0.25) is 5.02 Å². The zero-order valence-electron chi connectivity index (χ0n) is 19.5. The monoisotopic (exact) mass is 533 g/mol. The van der Waals surface area contributed by atoms with Crippen molar-refractivity contribution in [3.05, 3.63) is 33.7 Å². The number of urea groups is 1. The first-order valence-electron chi connectivity index (χ1n) is 12.3. The third-order valence-corrected chi connectivity index (χ3v) is 7.85. The number of rotatable bonds is 6. The average molecular weight is 534 g/mol. The number of aliphatic hydroxyl groups excluding tert-OH is 1. The van der Waals surface area contributed by atoms with E-state index in [1.165, 1.54) is 0 Å². The van der Waals surface area contributed by atoms with Crippen LogP contribution in [0.5, 0.6) is 5.75 Å². The Balaban J connectivity index is 1.07. The van der Waals surface area contributed by atoms with Gasteiger partial charge in [0.15, 0.2) is 4.87 Å². The molecule has 0 radical (unpaired) electrons. The number of ether oxygens (including phenoxy) is 2. The molecule has 198 valence electrons. The largest absolute Gasteiger partial charge is 0.522 e. The molecule has 2 heterocycles. The summed E-state index contributed by atoms with van der Waals surface area (Å²) >= 11 is 5.98. The van der Waals surface area contributed by atoms with E-state index in [2.05, 4.69) is 10.2 Å². The number of benzene rings is 1. The summed E-state index contributed by atoms with van der Waals surface area (Å²) in [5, 5.41) is 10.9. The number of nitrogens with zero attached hydrogens (tertiary/aromatic N) is 3. The number of amides is 2. The molecule has 2 saturated carbocycles. The molecule has 2 amide bonds. The van der Waals surface area contributed by atoms with Crippen molar-refractivity contribution in [3.8, 4) is 5.75 Å². The number of hydrogen-bond donors (Lipinski definition) is 2. The molecule has 1 aromatic carbocycles. The Morgan fingerprint density at radius 1 is 1.08 bits per heavy atom. The van der Waals surface area contributed by atoms with E-state index < -0.39 is 24.8 Å². The van der Waals surface area contributed by atoms with E-state index in [9.17, 15) is 28.0 Å². The van der Waals surface area contributed by atoms with Gasteiger partial charge in [0, 0.05) is 35.8 Å². The zero-order valence-corrected chi connectivity index (χ0v) is 20.2.